The van der Waals surface area contributed by atoms with Gasteiger partial charge in [-0.2, -0.15) is 0 Å². The molecular formula is C21H17N3O2. The molecule has 5 nitrogen and oxygen atoms in total. The van der Waals surface area contributed by atoms with Crippen LogP contribution in [0.1, 0.15) is 11.5 Å². The van der Waals surface area contributed by atoms with Gasteiger partial charge in [-0.1, -0.05) is 48.5 Å². The molecule has 0 unspecified atom stereocenters. The zero-order valence-corrected chi connectivity index (χ0v) is 13.9. The second-order valence-corrected chi connectivity index (χ2v) is 6.18. The molecular weight excluding hydrogens is 326 g/mol. The molecule has 128 valence electrons. The van der Waals surface area contributed by atoms with Crippen LogP contribution < -0.4 is 11.1 Å². The minimum Gasteiger partial charge on any atom is -0.369 e. The maximum Gasteiger partial charge on any atom is 0.241 e. The first-order valence-corrected chi connectivity index (χ1v) is 8.28. The lowest BCUT2D eigenvalue weighted by molar-refractivity contribution is -0.127. The van der Waals surface area contributed by atoms with Crippen LogP contribution in [0.15, 0.2) is 72.9 Å². The summed E-state index contributed by atoms with van der Waals surface area (Å²) in [4.78, 5) is 27.9. The van der Waals surface area contributed by atoms with E-state index in [4.69, 9.17) is 5.73 Å². The first-order chi connectivity index (χ1) is 12.6. The molecule has 0 aliphatic rings. The number of nitrogens with two attached hydrogens (primary N) is 1. The summed E-state index contributed by atoms with van der Waals surface area (Å²) in [6.07, 6.45) is 1.67. The molecule has 1 heterocycles. The first kappa shape index (κ1) is 15.9. The average Bonchev–Trinajstić information content (AvgIpc) is 3.05. The molecule has 0 saturated carbocycles. The van der Waals surface area contributed by atoms with Crippen molar-refractivity contribution in [2.24, 2.45) is 5.73 Å². The van der Waals surface area contributed by atoms with Gasteiger partial charge >= 0.3 is 0 Å². The Balaban J connectivity index is 1.68. The molecule has 1 atom stereocenters. The monoisotopic (exact) mass is 343 g/mol. The Morgan fingerprint density at radius 3 is 2.46 bits per heavy atom. The maximum atomic E-state index is 12.8. The molecule has 0 aliphatic carbocycles. The fourth-order valence-electron chi connectivity index (χ4n) is 3.24. The number of para-hydroxylation sites is 1. The van der Waals surface area contributed by atoms with Gasteiger partial charge in [-0.25, -0.2) is 0 Å². The highest BCUT2D eigenvalue weighted by Crippen LogP contribution is 2.27. The topological polar surface area (TPSA) is 88.0 Å². The Kier molecular flexibility index (Phi) is 3.89. The lowest BCUT2D eigenvalue weighted by Crippen LogP contribution is -2.32. The third-order valence-electron chi connectivity index (χ3n) is 4.50. The molecule has 0 bridgehead atoms. The molecule has 4 rings (SSSR count). The van der Waals surface area contributed by atoms with Gasteiger partial charge in [0.05, 0.1) is 0 Å². The maximum absolute atomic E-state index is 12.8. The van der Waals surface area contributed by atoms with Gasteiger partial charge in [-0.3, -0.25) is 9.59 Å². The van der Waals surface area contributed by atoms with Gasteiger partial charge < -0.3 is 16.0 Å². The molecule has 1 aromatic heterocycles. The molecule has 0 fully saturated rings. The molecule has 2 amide bonds. The Morgan fingerprint density at radius 2 is 1.65 bits per heavy atom. The van der Waals surface area contributed by atoms with Crippen molar-refractivity contribution in [2.45, 2.75) is 5.92 Å². The van der Waals surface area contributed by atoms with E-state index in [-0.39, 0.29) is 0 Å². The van der Waals surface area contributed by atoms with Crippen LogP contribution in [-0.2, 0) is 9.59 Å². The SMILES string of the molecule is NC(=O)[C@@H](C(=O)Nc1ccc2ccccc2c1)c1c[nH]c2ccccc12. The van der Waals surface area contributed by atoms with Crippen LogP contribution in [0.2, 0.25) is 0 Å². The summed E-state index contributed by atoms with van der Waals surface area (Å²) in [6.45, 7) is 0. The molecule has 0 aliphatic heterocycles. The summed E-state index contributed by atoms with van der Waals surface area (Å²) in [6, 6.07) is 21.0. The number of H-pyrrole nitrogens is 1. The third kappa shape index (κ3) is 2.80. The van der Waals surface area contributed by atoms with Crippen LogP contribution in [-0.4, -0.2) is 16.8 Å². The molecule has 0 saturated heterocycles. The van der Waals surface area contributed by atoms with E-state index in [0.29, 0.717) is 11.3 Å². The number of primary amides is 1. The van der Waals surface area contributed by atoms with E-state index in [1.807, 2.05) is 66.7 Å². The fraction of sp³-hybridized carbons (Fsp3) is 0.0476. The van der Waals surface area contributed by atoms with Crippen LogP contribution in [0.4, 0.5) is 5.69 Å². The molecule has 0 spiro atoms. The van der Waals surface area contributed by atoms with Crippen molar-refractivity contribution < 1.29 is 9.59 Å². The van der Waals surface area contributed by atoms with Crippen LogP contribution in [0.5, 0.6) is 0 Å². The van der Waals surface area contributed by atoms with Crippen LogP contribution in [0.25, 0.3) is 21.7 Å². The summed E-state index contributed by atoms with van der Waals surface area (Å²) in [7, 11) is 0. The van der Waals surface area contributed by atoms with Crippen LogP contribution >= 0.6 is 0 Å². The summed E-state index contributed by atoms with van der Waals surface area (Å²) in [5.74, 6) is -2.21. The largest absolute Gasteiger partial charge is 0.369 e. The normalized spacial score (nSPS) is 12.2. The lowest BCUT2D eigenvalue weighted by atomic mass is 9.96. The number of benzene rings is 3. The molecule has 3 aromatic carbocycles. The van der Waals surface area contributed by atoms with E-state index in [0.717, 1.165) is 21.7 Å². The summed E-state index contributed by atoms with van der Waals surface area (Å²) < 4.78 is 0. The van der Waals surface area contributed by atoms with E-state index >= 15 is 0 Å². The number of aromatic amines is 1. The average molecular weight is 343 g/mol. The zero-order valence-electron chi connectivity index (χ0n) is 13.9. The number of rotatable bonds is 4. The highest BCUT2D eigenvalue weighted by Gasteiger charge is 2.29. The lowest BCUT2D eigenvalue weighted by Gasteiger charge is -2.14. The second-order valence-electron chi connectivity index (χ2n) is 6.18. The van der Waals surface area contributed by atoms with Gasteiger partial charge in [0.1, 0.15) is 5.92 Å². The van der Waals surface area contributed by atoms with Crippen molar-refractivity contribution in [1.29, 1.82) is 0 Å². The van der Waals surface area contributed by atoms with E-state index < -0.39 is 17.7 Å². The van der Waals surface area contributed by atoms with Gasteiger partial charge in [-0.05, 0) is 34.5 Å². The third-order valence-corrected chi connectivity index (χ3v) is 4.50. The fourth-order valence-corrected chi connectivity index (χ4v) is 3.24. The quantitative estimate of drug-likeness (QED) is 0.495. The Labute approximate surface area is 149 Å². The van der Waals surface area contributed by atoms with Gasteiger partial charge in [0.25, 0.3) is 0 Å². The second kappa shape index (κ2) is 6.37. The van der Waals surface area contributed by atoms with E-state index in [9.17, 15) is 9.59 Å². The minimum absolute atomic E-state index is 0.447. The van der Waals surface area contributed by atoms with Crippen molar-refractivity contribution in [3.05, 3.63) is 78.5 Å². The van der Waals surface area contributed by atoms with Crippen molar-refractivity contribution >= 4 is 39.2 Å². The standard InChI is InChI=1S/C21H17N3O2/c22-20(25)19(17-12-23-18-8-4-3-7-16(17)18)21(26)24-15-10-9-13-5-1-2-6-14(13)11-15/h1-12,19,23H,(H2,22,25)(H,24,26)/t19-/m0/s1. The summed E-state index contributed by atoms with van der Waals surface area (Å²) in [5, 5.41) is 5.71. The van der Waals surface area contributed by atoms with Gasteiger partial charge in [-0.15, -0.1) is 0 Å². The molecule has 0 radical (unpaired) electrons. The number of amides is 2. The van der Waals surface area contributed by atoms with Crippen molar-refractivity contribution in [1.82, 2.24) is 4.98 Å². The summed E-state index contributed by atoms with van der Waals surface area (Å²) >= 11 is 0. The Hall–Kier alpha value is -3.60. The summed E-state index contributed by atoms with van der Waals surface area (Å²) in [5.41, 5.74) is 7.60. The van der Waals surface area contributed by atoms with Crippen LogP contribution in [0.3, 0.4) is 0 Å². The van der Waals surface area contributed by atoms with Crippen molar-refractivity contribution in [3.8, 4) is 0 Å². The smallest absolute Gasteiger partial charge is 0.241 e. The van der Waals surface area contributed by atoms with E-state index in [1.165, 1.54) is 0 Å². The van der Waals surface area contributed by atoms with Crippen molar-refractivity contribution in [2.75, 3.05) is 5.32 Å². The number of hydrogen-bond donors (Lipinski definition) is 3. The number of carbonyl (C=O) groups excluding carboxylic acids is 2. The number of hydrogen-bond acceptors (Lipinski definition) is 2. The number of aromatic nitrogens is 1. The van der Waals surface area contributed by atoms with Gasteiger partial charge in [0.2, 0.25) is 11.8 Å². The molecule has 26 heavy (non-hydrogen) atoms. The zero-order chi connectivity index (χ0) is 18.1. The Morgan fingerprint density at radius 1 is 0.923 bits per heavy atom. The highest BCUT2D eigenvalue weighted by molar-refractivity contribution is 6.13. The van der Waals surface area contributed by atoms with Crippen molar-refractivity contribution in [3.63, 3.8) is 0 Å². The van der Waals surface area contributed by atoms with E-state index in [1.54, 1.807) is 6.20 Å². The number of carbonyl (C=O) groups is 2. The predicted octanol–water partition coefficient (Wildman–Crippen LogP) is 3.53. The van der Waals surface area contributed by atoms with Gasteiger partial charge in [0, 0.05) is 22.8 Å². The molecule has 4 N–H and O–H groups in total. The highest BCUT2D eigenvalue weighted by atomic mass is 16.2. The molecule has 5 heteroatoms. The number of anilines is 1. The van der Waals surface area contributed by atoms with Crippen LogP contribution in [0, 0.1) is 0 Å². The van der Waals surface area contributed by atoms with E-state index in [2.05, 4.69) is 10.3 Å². The molecule has 4 aromatic rings. The first-order valence-electron chi connectivity index (χ1n) is 8.28. The number of fused-ring (bicyclic) bond motifs is 2. The number of nitrogens with one attached hydrogen (secondary N) is 2. The Bertz CT molecular complexity index is 1130. The minimum atomic E-state index is -1.07. The van der Waals surface area contributed by atoms with Gasteiger partial charge in [0.15, 0.2) is 0 Å². The predicted molar refractivity (Wildman–Crippen MR) is 103 cm³/mol.